The topological polar surface area (TPSA) is 0 Å². The molecule has 0 aliphatic rings. The zero-order valence-corrected chi connectivity index (χ0v) is 18.5. The molecule has 0 spiro atoms. The SMILES string of the molecule is [Fe+2].[Fe+2].[Ru+]=[C]=C=C[C-]([c-]1cccc1)[c-]1cccc1.c1cc[cH-]c1.c1cc[cH-]c1. The molecule has 0 N–H and O–H groups in total. The van der Waals surface area contributed by atoms with Crippen LogP contribution in [0.5, 0.6) is 0 Å². The van der Waals surface area contributed by atoms with Crippen LogP contribution in [0, 0.1) is 5.92 Å². The van der Waals surface area contributed by atoms with Gasteiger partial charge in [-0.25, -0.2) is 24.3 Å². The van der Waals surface area contributed by atoms with Crippen molar-refractivity contribution in [2.24, 2.45) is 0 Å². The fourth-order valence-electron chi connectivity index (χ4n) is 2.18. The van der Waals surface area contributed by atoms with Gasteiger partial charge < -0.3 is 0 Å². The van der Waals surface area contributed by atoms with Crippen LogP contribution in [0.4, 0.5) is 0 Å². The van der Waals surface area contributed by atoms with Crippen LogP contribution in [0.3, 0.4) is 0 Å². The molecule has 0 saturated heterocycles. The van der Waals surface area contributed by atoms with Gasteiger partial charge in [-0.05, 0) is 0 Å². The molecule has 3 heteroatoms. The van der Waals surface area contributed by atoms with Gasteiger partial charge in [0.1, 0.15) is 0 Å². The second-order valence-electron chi connectivity index (χ2n) is 5.06. The Hall–Kier alpha value is -1.64. The van der Waals surface area contributed by atoms with Crippen LogP contribution in [0.15, 0.2) is 121 Å². The molecule has 0 atom stereocenters. The van der Waals surface area contributed by atoms with Crippen molar-refractivity contribution in [1.29, 1.82) is 0 Å². The molecule has 0 aliphatic heterocycles. The van der Waals surface area contributed by atoms with E-state index in [9.17, 15) is 0 Å². The molecule has 0 aliphatic carbocycles. The third kappa shape index (κ3) is 10.3. The fraction of sp³-hybridized carbons (Fsp3) is 0. The maximum Gasteiger partial charge on any atom is -0.172 e. The van der Waals surface area contributed by atoms with Crippen LogP contribution >= 0.6 is 0 Å². The molecule has 0 nitrogen and oxygen atoms in total. The summed E-state index contributed by atoms with van der Waals surface area (Å²) in [5.74, 6) is 1.18. The predicted octanol–water partition coefficient (Wildman–Crippen LogP) is 5.56. The van der Waals surface area contributed by atoms with E-state index in [0.29, 0.717) is 0 Å². The van der Waals surface area contributed by atoms with Crippen LogP contribution in [0.2, 0.25) is 0 Å². The zero-order valence-electron chi connectivity index (χ0n) is 14.5. The molecule has 0 fully saturated rings. The summed E-state index contributed by atoms with van der Waals surface area (Å²) < 4.78 is 2.83. The van der Waals surface area contributed by atoms with Crippen molar-refractivity contribution in [3.63, 3.8) is 0 Å². The summed E-state index contributed by atoms with van der Waals surface area (Å²) in [7, 11) is 0. The fourth-order valence-corrected chi connectivity index (χ4v) is 2.31. The molecule has 0 radical (unpaired) electrons. The molecule has 4 aromatic rings. The van der Waals surface area contributed by atoms with E-state index >= 15 is 0 Å². The Bertz CT molecular complexity index is 731. The van der Waals surface area contributed by atoms with Gasteiger partial charge in [-0.15, -0.1) is 0 Å². The molecule has 4 rings (SSSR count). The van der Waals surface area contributed by atoms with Crippen LogP contribution < -0.4 is 0 Å². The predicted molar refractivity (Wildman–Crippen MR) is 103 cm³/mol. The molecule has 4 aromatic carbocycles. The number of hydrogen-bond acceptors (Lipinski definition) is 0. The molecular weight excluding hydrogens is 501 g/mol. The van der Waals surface area contributed by atoms with Gasteiger partial charge in [0, 0.05) is 0 Å². The second kappa shape index (κ2) is 16.5. The minimum atomic E-state index is 0. The van der Waals surface area contributed by atoms with E-state index in [1.165, 1.54) is 17.0 Å². The first-order valence-electron chi connectivity index (χ1n) is 7.99. The molecule has 0 amide bonds. The Morgan fingerprint density at radius 1 is 0.667 bits per heavy atom. The van der Waals surface area contributed by atoms with Gasteiger partial charge in [-0.3, -0.25) is 0 Å². The van der Waals surface area contributed by atoms with Gasteiger partial charge in [0.05, 0.1) is 0 Å². The minimum Gasteiger partial charge on any atom is -0.214 e. The van der Waals surface area contributed by atoms with Crippen molar-refractivity contribution in [1.82, 2.24) is 0 Å². The van der Waals surface area contributed by atoms with E-state index in [1.54, 1.807) is 0 Å². The molecule has 0 saturated carbocycles. The Morgan fingerprint density at radius 2 is 1.04 bits per heavy atom. The Kier molecular flexibility index (Phi) is 15.5. The first-order chi connectivity index (χ1) is 12.4. The molecular formula is C24H19Fe2Ru. The summed E-state index contributed by atoms with van der Waals surface area (Å²) in [5.41, 5.74) is 5.42. The molecule has 0 unspecified atom stereocenters. The van der Waals surface area contributed by atoms with E-state index in [-0.39, 0.29) is 34.1 Å². The van der Waals surface area contributed by atoms with E-state index in [4.69, 9.17) is 0 Å². The van der Waals surface area contributed by atoms with Gasteiger partial charge >= 0.3 is 134 Å². The number of allylic oxidation sites excluding steroid dienone is 1. The molecule has 0 heterocycles. The second-order valence-corrected chi connectivity index (χ2v) is 5.50. The normalized spacial score (nSPS) is 8.00. The van der Waals surface area contributed by atoms with Crippen LogP contribution in [-0.2, 0) is 52.0 Å². The van der Waals surface area contributed by atoms with Crippen molar-refractivity contribution in [2.45, 2.75) is 0 Å². The third-order valence-corrected chi connectivity index (χ3v) is 3.58. The van der Waals surface area contributed by atoms with Gasteiger partial charge in [0.25, 0.3) is 0 Å². The Labute approximate surface area is 193 Å². The minimum absolute atomic E-state index is 0. The van der Waals surface area contributed by atoms with Gasteiger partial charge in [-0.1, -0.05) is 0 Å². The van der Waals surface area contributed by atoms with Crippen LogP contribution in [0.25, 0.3) is 0 Å². The van der Waals surface area contributed by atoms with Gasteiger partial charge in [0.15, 0.2) is 0 Å². The van der Waals surface area contributed by atoms with E-state index < -0.39 is 0 Å². The maximum absolute atomic E-state index is 2.98. The van der Waals surface area contributed by atoms with Gasteiger partial charge in [0.2, 0.25) is 0 Å². The van der Waals surface area contributed by atoms with E-state index in [1.807, 2.05) is 91.0 Å². The van der Waals surface area contributed by atoms with E-state index in [0.717, 1.165) is 0 Å². The summed E-state index contributed by atoms with van der Waals surface area (Å²) in [6.45, 7) is 0. The van der Waals surface area contributed by atoms with Crippen LogP contribution in [0.1, 0.15) is 11.1 Å². The molecule has 0 aromatic heterocycles. The summed E-state index contributed by atoms with van der Waals surface area (Å²) in [5, 5.41) is 0. The Balaban J connectivity index is 0.000000465. The monoisotopic (exact) mass is 521 g/mol. The molecule has 27 heavy (non-hydrogen) atoms. The maximum atomic E-state index is 2.98. The number of hydrogen-bond donors (Lipinski definition) is 0. The summed E-state index contributed by atoms with van der Waals surface area (Å²) in [6.07, 6.45) is 1.96. The standard InChI is InChI=1S/C14H9.2C5H5.2Fe.Ru/c1-2-7-14(12-8-3-4-9-12)13-10-5-6-11-13;2*1-2-4-5-3-1;;;/h3-11H;2*1-5H;;;/q-3;2*-1;2*+2;+1. The zero-order chi connectivity index (χ0) is 17.6. The van der Waals surface area contributed by atoms with Crippen molar-refractivity contribution in [3.8, 4) is 0 Å². The largest absolute Gasteiger partial charge is 0.214 e. The first-order valence-corrected chi connectivity index (χ1v) is 8.86. The summed E-state index contributed by atoms with van der Waals surface area (Å²) in [6, 6.07) is 36.6. The van der Waals surface area contributed by atoms with E-state index in [2.05, 4.69) is 52.1 Å². The van der Waals surface area contributed by atoms with Gasteiger partial charge in [-0.2, -0.15) is 36.4 Å². The van der Waals surface area contributed by atoms with Crippen molar-refractivity contribution in [3.05, 3.63) is 138 Å². The smallest absolute Gasteiger partial charge is 0.172 e. The summed E-state index contributed by atoms with van der Waals surface area (Å²) in [4.78, 5) is 0. The summed E-state index contributed by atoms with van der Waals surface area (Å²) >= 11 is 2.32. The third-order valence-electron chi connectivity index (χ3n) is 3.33. The molecule has 0 bridgehead atoms. The first kappa shape index (κ1) is 25.4. The van der Waals surface area contributed by atoms with Crippen molar-refractivity contribution >= 4 is 4.26 Å². The average molecular weight is 520 g/mol. The van der Waals surface area contributed by atoms with Crippen molar-refractivity contribution in [2.75, 3.05) is 0 Å². The quantitative estimate of drug-likeness (QED) is 0.189. The average Bonchev–Trinajstić information content (AvgIpc) is 3.49. The Morgan fingerprint density at radius 3 is 1.30 bits per heavy atom. The van der Waals surface area contributed by atoms with Crippen molar-refractivity contribution < 1.29 is 52.0 Å². The number of rotatable bonds is 3. The van der Waals surface area contributed by atoms with Crippen LogP contribution in [-0.4, -0.2) is 4.26 Å². The molecule has 139 valence electrons.